The third-order valence-electron chi connectivity index (χ3n) is 2.69. The van der Waals surface area contributed by atoms with Crippen LogP contribution in [0.3, 0.4) is 0 Å². The van der Waals surface area contributed by atoms with Crippen molar-refractivity contribution in [1.29, 1.82) is 0 Å². The molecule has 1 heterocycles. The summed E-state index contributed by atoms with van der Waals surface area (Å²) in [5.41, 5.74) is 2.37. The van der Waals surface area contributed by atoms with Crippen LogP contribution in [0.4, 0.5) is 5.69 Å². The maximum absolute atomic E-state index is 3.25. The molecule has 0 unspecified atom stereocenters. The van der Waals surface area contributed by atoms with Crippen LogP contribution in [-0.4, -0.2) is 18.1 Å². The van der Waals surface area contributed by atoms with Gasteiger partial charge in [0.05, 0.1) is 11.9 Å². The molecule has 0 aliphatic carbocycles. The third-order valence-corrected chi connectivity index (χ3v) is 2.69. The molecule has 0 bridgehead atoms. The molecule has 2 nitrogen and oxygen atoms in total. The lowest BCUT2D eigenvalue weighted by atomic mass is 10.2. The van der Waals surface area contributed by atoms with Gasteiger partial charge in [-0.1, -0.05) is 25.1 Å². The van der Waals surface area contributed by atoms with E-state index in [1.165, 1.54) is 23.0 Å². The first-order valence-electron chi connectivity index (χ1n) is 5.60. The summed E-state index contributed by atoms with van der Waals surface area (Å²) in [4.78, 5) is 5.55. The van der Waals surface area contributed by atoms with Gasteiger partial charge in [0.2, 0.25) is 0 Å². The molecule has 0 atom stereocenters. The maximum Gasteiger partial charge on any atom is 0.0890 e. The fourth-order valence-electron chi connectivity index (χ4n) is 1.94. The van der Waals surface area contributed by atoms with Gasteiger partial charge in [-0.05, 0) is 19.4 Å². The minimum atomic E-state index is 1.03. The Morgan fingerprint density at radius 3 is 2.80 bits per heavy atom. The lowest BCUT2D eigenvalue weighted by Gasteiger charge is -2.20. The zero-order chi connectivity index (χ0) is 10.7. The summed E-state index contributed by atoms with van der Waals surface area (Å²) in [5, 5.41) is 1.27. The fraction of sp³-hybridized carbons (Fsp3) is 0.385. The molecule has 2 heteroatoms. The van der Waals surface area contributed by atoms with E-state index in [1.54, 1.807) is 0 Å². The number of para-hydroxylation sites is 1. The minimum absolute atomic E-state index is 1.03. The second kappa shape index (κ2) is 4.39. The van der Waals surface area contributed by atoms with Gasteiger partial charge in [0.1, 0.15) is 0 Å². The largest absolute Gasteiger partial charge is 0.370 e. The average molecular weight is 201 g/mol. The maximum atomic E-state index is 3.25. The van der Waals surface area contributed by atoms with E-state index >= 15 is 0 Å². The van der Waals surface area contributed by atoms with Crippen LogP contribution in [0.25, 0.3) is 10.9 Å². The number of aromatic nitrogens is 1. The number of aromatic amines is 1. The molecule has 0 amide bonds. The molecule has 1 aromatic carbocycles. The van der Waals surface area contributed by atoms with Crippen LogP contribution >= 0.6 is 0 Å². The molecule has 0 saturated carbocycles. The lowest BCUT2D eigenvalue weighted by molar-refractivity contribution is 0.794. The molecular weight excluding hydrogens is 184 g/mol. The monoisotopic (exact) mass is 201 g/mol. The molecule has 15 heavy (non-hydrogen) atoms. The van der Waals surface area contributed by atoms with E-state index in [0.717, 1.165) is 13.1 Å². The van der Waals surface area contributed by atoms with Crippen molar-refractivity contribution in [3.63, 3.8) is 0 Å². The number of H-pyrrole nitrogens is 1. The Hall–Kier alpha value is -1.44. The summed E-state index contributed by atoms with van der Waals surface area (Å²) in [7, 11) is 0. The topological polar surface area (TPSA) is 19.0 Å². The predicted molar refractivity (Wildman–Crippen MR) is 65.3 cm³/mol. The van der Waals surface area contributed by atoms with E-state index in [4.69, 9.17) is 0 Å². The zero-order valence-electron chi connectivity index (χ0n) is 9.38. The smallest absolute Gasteiger partial charge is 0.0890 e. The Labute approximate surface area is 90.9 Å². The van der Waals surface area contributed by atoms with E-state index in [0.29, 0.717) is 0 Å². The molecule has 0 saturated heterocycles. The Morgan fingerprint density at radius 2 is 2.07 bits per heavy atom. The highest BCUT2D eigenvalue weighted by Crippen LogP contribution is 2.25. The van der Waals surface area contributed by atoms with Gasteiger partial charge < -0.3 is 9.88 Å². The first-order chi connectivity index (χ1) is 7.36. The van der Waals surface area contributed by atoms with Crippen LogP contribution in [0.15, 0.2) is 24.3 Å². The van der Waals surface area contributed by atoms with Crippen LogP contribution in [0.5, 0.6) is 0 Å². The molecule has 1 N–H and O–H groups in total. The lowest BCUT2D eigenvalue weighted by Crippen LogP contribution is -2.23. The average Bonchev–Trinajstić information content (AvgIpc) is 2.70. The summed E-state index contributed by atoms with van der Waals surface area (Å²) < 4.78 is 0. The third kappa shape index (κ3) is 1.84. The summed E-state index contributed by atoms with van der Waals surface area (Å²) in [6.45, 7) is 6.52. The van der Waals surface area contributed by atoms with E-state index < -0.39 is 0 Å². The number of fused-ring (bicyclic) bond motifs is 1. The molecule has 1 radical (unpaired) electrons. The van der Waals surface area contributed by atoms with Crippen molar-refractivity contribution in [2.24, 2.45) is 0 Å². The van der Waals surface area contributed by atoms with Crippen LogP contribution in [0.1, 0.15) is 20.3 Å². The second-order valence-electron chi connectivity index (χ2n) is 3.72. The SMILES string of the molecule is CCCN(CC)c1[c][nH]c2ccccc12. The molecule has 0 aliphatic rings. The molecule has 0 fully saturated rings. The van der Waals surface area contributed by atoms with Gasteiger partial charge in [-0.3, -0.25) is 0 Å². The summed E-state index contributed by atoms with van der Waals surface area (Å²) in [5.74, 6) is 0. The number of hydrogen-bond donors (Lipinski definition) is 1. The first kappa shape index (κ1) is 10.1. The van der Waals surface area contributed by atoms with E-state index in [2.05, 4.69) is 48.1 Å². The van der Waals surface area contributed by atoms with Crippen molar-refractivity contribution in [2.45, 2.75) is 20.3 Å². The molecule has 0 spiro atoms. The number of anilines is 1. The highest BCUT2D eigenvalue weighted by atomic mass is 15.1. The molecule has 0 aliphatic heterocycles. The van der Waals surface area contributed by atoms with E-state index in [1.807, 2.05) is 6.07 Å². The van der Waals surface area contributed by atoms with Crippen molar-refractivity contribution in [3.8, 4) is 0 Å². The van der Waals surface area contributed by atoms with Gasteiger partial charge in [-0.2, -0.15) is 0 Å². The minimum Gasteiger partial charge on any atom is -0.370 e. The van der Waals surface area contributed by atoms with Crippen LogP contribution < -0.4 is 4.90 Å². The van der Waals surface area contributed by atoms with Crippen molar-refractivity contribution >= 4 is 16.6 Å². The molecule has 2 aromatic rings. The zero-order valence-corrected chi connectivity index (χ0v) is 9.38. The van der Waals surface area contributed by atoms with Crippen molar-refractivity contribution in [2.75, 3.05) is 18.0 Å². The highest BCUT2D eigenvalue weighted by Gasteiger charge is 2.09. The van der Waals surface area contributed by atoms with Gasteiger partial charge in [0, 0.05) is 24.0 Å². The molecule has 1 aromatic heterocycles. The van der Waals surface area contributed by atoms with Crippen molar-refractivity contribution < 1.29 is 0 Å². The van der Waals surface area contributed by atoms with Gasteiger partial charge >= 0.3 is 0 Å². The quantitative estimate of drug-likeness (QED) is 0.804. The number of hydrogen-bond acceptors (Lipinski definition) is 1. The van der Waals surface area contributed by atoms with Gasteiger partial charge in [-0.15, -0.1) is 0 Å². The van der Waals surface area contributed by atoms with Gasteiger partial charge in [0.25, 0.3) is 0 Å². The standard InChI is InChI=1S/C13H17N2/c1-3-9-15(4-2)13-10-14-12-8-6-5-7-11(12)13/h5-8,14H,3-4,9H2,1-2H3. The normalized spacial score (nSPS) is 10.8. The Kier molecular flexibility index (Phi) is 2.95. The first-order valence-corrected chi connectivity index (χ1v) is 5.60. The predicted octanol–water partition coefficient (Wildman–Crippen LogP) is 3.20. The van der Waals surface area contributed by atoms with Gasteiger partial charge in [0.15, 0.2) is 0 Å². The Morgan fingerprint density at radius 1 is 1.27 bits per heavy atom. The molecule has 79 valence electrons. The molecular formula is C13H17N2. The van der Waals surface area contributed by atoms with E-state index in [9.17, 15) is 0 Å². The fourth-order valence-corrected chi connectivity index (χ4v) is 1.94. The Balaban J connectivity index is 2.41. The summed E-state index contributed by atoms with van der Waals surface area (Å²) >= 11 is 0. The second-order valence-corrected chi connectivity index (χ2v) is 3.72. The summed E-state index contributed by atoms with van der Waals surface area (Å²) in [6, 6.07) is 8.37. The van der Waals surface area contributed by atoms with Crippen molar-refractivity contribution in [3.05, 3.63) is 30.5 Å². The van der Waals surface area contributed by atoms with Crippen LogP contribution in [0, 0.1) is 6.20 Å². The van der Waals surface area contributed by atoms with Crippen LogP contribution in [0.2, 0.25) is 0 Å². The number of rotatable bonds is 4. The Bertz CT molecular complexity index is 431. The number of nitrogens with zero attached hydrogens (tertiary/aromatic N) is 1. The highest BCUT2D eigenvalue weighted by molar-refractivity contribution is 5.92. The number of benzene rings is 1. The molecule has 2 rings (SSSR count). The van der Waals surface area contributed by atoms with Crippen LogP contribution in [-0.2, 0) is 0 Å². The van der Waals surface area contributed by atoms with Crippen molar-refractivity contribution in [1.82, 2.24) is 4.98 Å². The van der Waals surface area contributed by atoms with E-state index in [-0.39, 0.29) is 0 Å². The van der Waals surface area contributed by atoms with Gasteiger partial charge in [-0.25, -0.2) is 0 Å². The number of nitrogens with one attached hydrogen (secondary N) is 1. The summed E-state index contributed by atoms with van der Waals surface area (Å²) in [6.07, 6.45) is 4.42.